The molecule has 0 atom stereocenters. The number of aryl methyl sites for hydroxylation is 2. The van der Waals surface area contributed by atoms with E-state index in [1.165, 1.54) is 23.3 Å². The molecule has 1 aromatic carbocycles. The molecule has 0 unspecified atom stereocenters. The second kappa shape index (κ2) is 8.01. The van der Waals surface area contributed by atoms with Crippen LogP contribution in [-0.2, 0) is 24.5 Å². The number of hydrogen-bond acceptors (Lipinski definition) is 6. The maximum atomic E-state index is 6.68. The molecular formula is C25H25ClN4O2S. The van der Waals surface area contributed by atoms with Gasteiger partial charge in [0.25, 0.3) is 0 Å². The molecule has 6 rings (SSSR count). The molecule has 6 nitrogen and oxygen atoms in total. The van der Waals surface area contributed by atoms with Gasteiger partial charge in [-0.25, -0.2) is 4.98 Å². The van der Waals surface area contributed by atoms with Crippen molar-refractivity contribution < 1.29 is 9.47 Å². The molecule has 1 aliphatic carbocycles. The Morgan fingerprint density at radius 2 is 2.09 bits per heavy atom. The Hall–Kier alpha value is -2.61. The van der Waals surface area contributed by atoms with Crippen molar-refractivity contribution in [1.82, 2.24) is 14.6 Å². The first-order chi connectivity index (χ1) is 16.0. The van der Waals surface area contributed by atoms with Gasteiger partial charge in [0.05, 0.1) is 48.8 Å². The Morgan fingerprint density at radius 3 is 2.79 bits per heavy atom. The van der Waals surface area contributed by atoms with Gasteiger partial charge in [-0.2, -0.15) is 9.61 Å². The number of aromatic nitrogens is 3. The van der Waals surface area contributed by atoms with Gasteiger partial charge in [0, 0.05) is 22.0 Å². The number of anilines is 1. The van der Waals surface area contributed by atoms with Crippen LogP contribution in [0.5, 0.6) is 5.75 Å². The fourth-order valence-corrected chi connectivity index (χ4v) is 5.81. The summed E-state index contributed by atoms with van der Waals surface area (Å²) in [7, 11) is 1.64. The maximum absolute atomic E-state index is 6.68. The van der Waals surface area contributed by atoms with E-state index in [0.29, 0.717) is 24.3 Å². The third-order valence-corrected chi connectivity index (χ3v) is 7.75. The van der Waals surface area contributed by atoms with Crippen molar-refractivity contribution in [1.29, 1.82) is 0 Å². The lowest BCUT2D eigenvalue weighted by Gasteiger charge is -2.26. The van der Waals surface area contributed by atoms with Crippen LogP contribution >= 0.6 is 22.9 Å². The van der Waals surface area contributed by atoms with Crippen molar-refractivity contribution in [3.63, 3.8) is 0 Å². The lowest BCUT2D eigenvalue weighted by Crippen LogP contribution is -2.28. The fourth-order valence-electron chi connectivity index (χ4n) is 4.68. The van der Waals surface area contributed by atoms with Crippen molar-refractivity contribution in [2.75, 3.05) is 12.0 Å². The lowest BCUT2D eigenvalue weighted by molar-refractivity contribution is 0.133. The minimum Gasteiger partial charge on any atom is -0.497 e. The summed E-state index contributed by atoms with van der Waals surface area (Å²) in [4.78, 5) is 8.91. The first-order valence-corrected chi connectivity index (χ1v) is 12.4. The van der Waals surface area contributed by atoms with Crippen molar-refractivity contribution in [3.05, 3.63) is 62.1 Å². The van der Waals surface area contributed by atoms with Crippen LogP contribution in [0.4, 0.5) is 5.82 Å². The van der Waals surface area contributed by atoms with Crippen molar-refractivity contribution >= 4 is 34.4 Å². The normalized spacial score (nSPS) is 15.3. The molecule has 0 radical (unpaired) electrons. The quantitative estimate of drug-likeness (QED) is 0.342. The highest BCUT2D eigenvalue weighted by Gasteiger charge is 2.35. The molecule has 1 fully saturated rings. The van der Waals surface area contributed by atoms with Gasteiger partial charge in [-0.15, -0.1) is 11.3 Å². The highest BCUT2D eigenvalue weighted by Crippen LogP contribution is 2.42. The predicted molar refractivity (Wildman–Crippen MR) is 131 cm³/mol. The van der Waals surface area contributed by atoms with Crippen molar-refractivity contribution in [2.24, 2.45) is 0 Å². The minimum absolute atomic E-state index is 0.514. The van der Waals surface area contributed by atoms with E-state index in [1.54, 1.807) is 7.11 Å². The first-order valence-electron chi connectivity index (χ1n) is 11.2. The van der Waals surface area contributed by atoms with E-state index in [9.17, 15) is 0 Å². The number of ether oxygens (including phenoxy) is 2. The van der Waals surface area contributed by atoms with Gasteiger partial charge in [-0.1, -0.05) is 11.6 Å². The maximum Gasteiger partial charge on any atom is 0.165 e. The van der Waals surface area contributed by atoms with Crippen LogP contribution in [0.15, 0.2) is 29.6 Å². The van der Waals surface area contributed by atoms with Gasteiger partial charge in [0.1, 0.15) is 11.6 Å². The topological polar surface area (TPSA) is 51.9 Å². The van der Waals surface area contributed by atoms with E-state index in [1.807, 2.05) is 41.0 Å². The van der Waals surface area contributed by atoms with E-state index >= 15 is 0 Å². The van der Waals surface area contributed by atoms with E-state index in [2.05, 4.69) is 23.3 Å². The smallest absolute Gasteiger partial charge is 0.165 e. The van der Waals surface area contributed by atoms with Gasteiger partial charge in [-0.05, 0) is 61.9 Å². The lowest BCUT2D eigenvalue weighted by atomic mass is 10.1. The molecule has 0 saturated heterocycles. The van der Waals surface area contributed by atoms with Crippen LogP contribution in [0.2, 0.25) is 5.02 Å². The summed E-state index contributed by atoms with van der Waals surface area (Å²) < 4.78 is 13.2. The summed E-state index contributed by atoms with van der Waals surface area (Å²) >= 11 is 8.50. The fraction of sp³-hybridized carbons (Fsp3) is 0.360. The number of thiophene rings is 1. The molecule has 2 aliphatic rings. The number of nitrogens with zero attached hydrogens (tertiary/aromatic N) is 4. The van der Waals surface area contributed by atoms with E-state index < -0.39 is 0 Å². The van der Waals surface area contributed by atoms with E-state index in [-0.39, 0.29) is 0 Å². The zero-order chi connectivity index (χ0) is 22.7. The summed E-state index contributed by atoms with van der Waals surface area (Å²) in [5, 5.41) is 7.84. The molecule has 0 N–H and O–H groups in total. The molecule has 0 bridgehead atoms. The third-order valence-electron chi connectivity index (χ3n) is 6.40. The molecule has 170 valence electrons. The molecule has 33 heavy (non-hydrogen) atoms. The second-order valence-electron chi connectivity index (χ2n) is 8.84. The van der Waals surface area contributed by atoms with Gasteiger partial charge in [0.15, 0.2) is 5.65 Å². The van der Waals surface area contributed by atoms with Crippen LogP contribution in [0.3, 0.4) is 0 Å². The highest BCUT2D eigenvalue weighted by molar-refractivity contribution is 7.10. The molecule has 4 heterocycles. The summed E-state index contributed by atoms with van der Waals surface area (Å²) in [6, 6.07) is 8.56. The van der Waals surface area contributed by atoms with Crippen molar-refractivity contribution in [3.8, 4) is 16.9 Å². The molecule has 3 aromatic heterocycles. The van der Waals surface area contributed by atoms with Crippen LogP contribution in [0.25, 0.3) is 16.8 Å². The number of rotatable bonds is 6. The number of methoxy groups -OCH3 is 1. The highest BCUT2D eigenvalue weighted by atomic mass is 35.5. The van der Waals surface area contributed by atoms with Crippen LogP contribution in [0.1, 0.15) is 40.2 Å². The third kappa shape index (κ3) is 3.59. The number of fused-ring (bicyclic) bond motifs is 2. The van der Waals surface area contributed by atoms with Gasteiger partial charge in [-0.3, -0.25) is 0 Å². The Balaban J connectivity index is 1.56. The number of benzene rings is 1. The van der Waals surface area contributed by atoms with Crippen molar-refractivity contribution in [2.45, 2.75) is 52.5 Å². The predicted octanol–water partition coefficient (Wildman–Crippen LogP) is 5.94. The minimum atomic E-state index is 0.514. The van der Waals surface area contributed by atoms with Gasteiger partial charge in [0.2, 0.25) is 0 Å². The van der Waals surface area contributed by atoms with E-state index in [0.717, 1.165) is 51.8 Å². The Bertz CT molecular complexity index is 1370. The largest absolute Gasteiger partial charge is 0.497 e. The average Bonchev–Trinajstić information content (AvgIpc) is 3.25. The Kier molecular flexibility index (Phi) is 5.09. The molecule has 8 heteroatoms. The number of halogens is 1. The monoisotopic (exact) mass is 480 g/mol. The van der Waals surface area contributed by atoms with Crippen LogP contribution in [-0.4, -0.2) is 27.7 Å². The summed E-state index contributed by atoms with van der Waals surface area (Å²) in [6.07, 6.45) is 2.39. The first kappa shape index (κ1) is 21.0. The molecule has 1 aliphatic heterocycles. The molecular weight excluding hydrogens is 456 g/mol. The Morgan fingerprint density at radius 1 is 1.24 bits per heavy atom. The molecule has 0 spiro atoms. The zero-order valence-corrected chi connectivity index (χ0v) is 20.5. The SMILES string of the molecule is COc1ccc(-c2c(C)nn3c(N(Cc4cc(C)cs4)C4CC4)c4c(nc23)COC4)c(Cl)c1. The number of hydrogen-bond donors (Lipinski definition) is 0. The van der Waals surface area contributed by atoms with E-state index in [4.69, 9.17) is 31.2 Å². The van der Waals surface area contributed by atoms with Crippen LogP contribution in [0, 0.1) is 13.8 Å². The average molecular weight is 481 g/mol. The molecule has 0 amide bonds. The Labute approximate surface area is 201 Å². The van der Waals surface area contributed by atoms with Gasteiger partial charge < -0.3 is 14.4 Å². The molecule has 1 saturated carbocycles. The van der Waals surface area contributed by atoms with Gasteiger partial charge >= 0.3 is 0 Å². The summed E-state index contributed by atoms with van der Waals surface area (Å²) in [5.41, 5.74) is 7.06. The standard InChI is InChI=1S/C25H25ClN4O2S/c1-14-8-18(33-13-14)10-29(16-4-5-16)25-20-11-32-12-22(20)27-24-23(15(2)28-30(24)25)19-7-6-17(31-3)9-21(19)26/h6-9,13,16H,4-5,10-12H2,1-3H3. The summed E-state index contributed by atoms with van der Waals surface area (Å²) in [6.45, 7) is 6.14. The zero-order valence-electron chi connectivity index (χ0n) is 18.9. The van der Waals surface area contributed by atoms with Crippen LogP contribution < -0.4 is 9.64 Å². The second-order valence-corrected chi connectivity index (χ2v) is 10.2. The summed E-state index contributed by atoms with van der Waals surface area (Å²) in [5.74, 6) is 1.84. The molecule has 4 aromatic rings.